The molecule has 1 amide bonds. The molecule has 4 N–H and O–H groups in total. The van der Waals surface area contributed by atoms with Gasteiger partial charge in [-0.2, -0.15) is 0 Å². The summed E-state index contributed by atoms with van der Waals surface area (Å²) in [6.45, 7) is 7.45. The number of hydrogen-bond acceptors (Lipinski definition) is 5. The fraction of sp³-hybridized carbons (Fsp3) is 0.550. The Balaban J connectivity index is 2.63. The van der Waals surface area contributed by atoms with Gasteiger partial charge in [0.2, 0.25) is 5.91 Å². The largest absolute Gasteiger partial charge is 0.491 e. The second kappa shape index (κ2) is 11.3. The maximum Gasteiger partial charge on any atom is 0.326 e. The number of benzene rings is 1. The highest BCUT2D eigenvalue weighted by molar-refractivity contribution is 5.84. The molecule has 1 aromatic rings. The Bertz CT molecular complexity index is 657. The molecule has 0 aliphatic rings. The molecule has 0 aliphatic heterocycles. The van der Waals surface area contributed by atoms with Crippen LogP contribution in [0.2, 0.25) is 0 Å². The minimum Gasteiger partial charge on any atom is -0.491 e. The van der Waals surface area contributed by atoms with E-state index in [1.54, 1.807) is 24.3 Å². The predicted molar refractivity (Wildman–Crippen MR) is 104 cm³/mol. The van der Waals surface area contributed by atoms with Crippen LogP contribution in [0.25, 0.3) is 0 Å². The number of carboxylic acid groups (broad SMARTS) is 2. The molecule has 0 heterocycles. The number of hydrogen-bond donors (Lipinski definition) is 4. The van der Waals surface area contributed by atoms with Crippen molar-refractivity contribution < 1.29 is 29.3 Å². The Morgan fingerprint density at radius 1 is 0.964 bits per heavy atom. The topological polar surface area (TPSA) is 125 Å². The van der Waals surface area contributed by atoms with Gasteiger partial charge in [-0.1, -0.05) is 26.0 Å². The molecule has 0 bridgehead atoms. The van der Waals surface area contributed by atoms with Crippen LogP contribution in [0.5, 0.6) is 5.75 Å². The molecule has 8 nitrogen and oxygen atoms in total. The average molecular weight is 394 g/mol. The highest BCUT2D eigenvalue weighted by Crippen LogP contribution is 2.15. The number of carbonyl (C=O) groups excluding carboxylic acids is 1. The zero-order valence-electron chi connectivity index (χ0n) is 16.8. The molecule has 0 radical (unpaired) electrons. The van der Waals surface area contributed by atoms with Crippen molar-refractivity contribution in [3.8, 4) is 5.75 Å². The molecule has 0 spiro atoms. The van der Waals surface area contributed by atoms with E-state index in [4.69, 9.17) is 4.74 Å². The number of aliphatic carboxylic acids is 2. The van der Waals surface area contributed by atoms with E-state index in [1.807, 2.05) is 27.7 Å². The highest BCUT2D eigenvalue weighted by Gasteiger charge is 2.23. The van der Waals surface area contributed by atoms with Crippen molar-refractivity contribution in [3.05, 3.63) is 29.8 Å². The lowest BCUT2D eigenvalue weighted by atomic mass is 10.0. The summed E-state index contributed by atoms with van der Waals surface area (Å²) in [5, 5.41) is 23.9. The van der Waals surface area contributed by atoms with Crippen molar-refractivity contribution in [2.45, 2.75) is 71.2 Å². The average Bonchev–Trinajstić information content (AvgIpc) is 2.58. The lowest BCUT2D eigenvalue weighted by molar-refractivity contribution is -0.142. The van der Waals surface area contributed by atoms with Gasteiger partial charge in [0.25, 0.3) is 0 Å². The van der Waals surface area contributed by atoms with E-state index in [0.717, 1.165) is 5.56 Å². The molecule has 1 rings (SSSR count). The summed E-state index contributed by atoms with van der Waals surface area (Å²) in [5.74, 6) is -2.00. The van der Waals surface area contributed by atoms with Crippen LogP contribution in [-0.2, 0) is 20.8 Å². The monoisotopic (exact) mass is 394 g/mol. The first kappa shape index (κ1) is 23.4. The summed E-state index contributed by atoms with van der Waals surface area (Å²) in [7, 11) is 0. The second-order valence-corrected chi connectivity index (χ2v) is 7.22. The summed E-state index contributed by atoms with van der Waals surface area (Å²) in [5.41, 5.74) is 0.744. The molecule has 156 valence electrons. The van der Waals surface area contributed by atoms with Gasteiger partial charge in [0.05, 0.1) is 6.10 Å². The third-order valence-electron chi connectivity index (χ3n) is 3.86. The fourth-order valence-corrected chi connectivity index (χ4v) is 2.63. The van der Waals surface area contributed by atoms with Crippen LogP contribution in [0.1, 0.15) is 46.1 Å². The second-order valence-electron chi connectivity index (χ2n) is 7.22. The molecular weight excluding hydrogens is 364 g/mol. The predicted octanol–water partition coefficient (Wildman–Crippen LogP) is 1.82. The highest BCUT2D eigenvalue weighted by atomic mass is 16.5. The fourth-order valence-electron chi connectivity index (χ4n) is 2.63. The minimum absolute atomic E-state index is 0.0386. The van der Waals surface area contributed by atoms with E-state index in [-0.39, 0.29) is 31.4 Å². The van der Waals surface area contributed by atoms with E-state index in [0.29, 0.717) is 5.75 Å². The van der Waals surface area contributed by atoms with Gasteiger partial charge < -0.3 is 25.6 Å². The van der Waals surface area contributed by atoms with E-state index in [9.17, 15) is 24.6 Å². The summed E-state index contributed by atoms with van der Waals surface area (Å²) in [6, 6.07) is 5.03. The maximum atomic E-state index is 12.1. The molecule has 0 aromatic heterocycles. The van der Waals surface area contributed by atoms with Crippen molar-refractivity contribution in [2.24, 2.45) is 0 Å². The smallest absolute Gasteiger partial charge is 0.326 e. The minimum atomic E-state index is -1.15. The normalized spacial score (nSPS) is 13.2. The third kappa shape index (κ3) is 8.85. The molecule has 0 aliphatic carbocycles. The Morgan fingerprint density at radius 2 is 1.54 bits per heavy atom. The van der Waals surface area contributed by atoms with Gasteiger partial charge in [-0.05, 0) is 38.0 Å². The standard InChI is InChI=1S/C20H30N2O6/c1-12(2)21-16(19(24)25)9-10-18(23)22-17(20(26)27)11-14-5-7-15(8-6-14)28-13(3)4/h5-8,12-13,16-17,21H,9-11H2,1-4H3,(H,22,23)(H,24,25)(H,26,27)/t16-,17-/m1/s1. The van der Waals surface area contributed by atoms with Gasteiger partial charge in [0.1, 0.15) is 17.8 Å². The molecule has 28 heavy (non-hydrogen) atoms. The van der Waals surface area contributed by atoms with Crippen molar-refractivity contribution in [1.82, 2.24) is 10.6 Å². The quantitative estimate of drug-likeness (QED) is 0.426. The molecule has 0 saturated heterocycles. The first-order valence-electron chi connectivity index (χ1n) is 9.35. The number of amides is 1. The van der Waals surface area contributed by atoms with Gasteiger partial charge in [-0.25, -0.2) is 4.79 Å². The number of nitrogens with one attached hydrogen (secondary N) is 2. The maximum absolute atomic E-state index is 12.1. The molecular formula is C20H30N2O6. The van der Waals surface area contributed by atoms with Gasteiger partial charge >= 0.3 is 11.9 Å². The molecule has 0 fully saturated rings. The lowest BCUT2D eigenvalue weighted by Gasteiger charge is -2.18. The Labute approximate surface area is 165 Å². The summed E-state index contributed by atoms with van der Waals surface area (Å²) < 4.78 is 5.55. The first-order valence-corrected chi connectivity index (χ1v) is 9.35. The van der Waals surface area contributed by atoms with Crippen molar-refractivity contribution in [1.29, 1.82) is 0 Å². The molecule has 2 atom stereocenters. The van der Waals surface area contributed by atoms with Gasteiger partial charge in [-0.3, -0.25) is 9.59 Å². The number of carboxylic acids is 2. The van der Waals surface area contributed by atoms with Crippen LogP contribution in [0.15, 0.2) is 24.3 Å². The number of ether oxygens (including phenoxy) is 1. The third-order valence-corrected chi connectivity index (χ3v) is 3.86. The summed E-state index contributed by atoms with van der Waals surface area (Å²) in [4.78, 5) is 34.8. The molecule has 1 aromatic carbocycles. The Hall–Kier alpha value is -2.61. The number of carbonyl (C=O) groups is 3. The van der Waals surface area contributed by atoms with Gasteiger partial charge in [-0.15, -0.1) is 0 Å². The van der Waals surface area contributed by atoms with Gasteiger partial charge in [0.15, 0.2) is 0 Å². The van der Waals surface area contributed by atoms with E-state index < -0.39 is 29.9 Å². The van der Waals surface area contributed by atoms with Crippen LogP contribution in [0.3, 0.4) is 0 Å². The van der Waals surface area contributed by atoms with Crippen LogP contribution in [0, 0.1) is 0 Å². The van der Waals surface area contributed by atoms with E-state index in [2.05, 4.69) is 10.6 Å². The SMILES string of the molecule is CC(C)N[C@H](CCC(=O)N[C@H](Cc1ccc(OC(C)C)cc1)C(=O)O)C(=O)O. The first-order chi connectivity index (χ1) is 13.1. The zero-order valence-corrected chi connectivity index (χ0v) is 16.8. The van der Waals surface area contributed by atoms with E-state index in [1.165, 1.54) is 0 Å². The van der Waals surface area contributed by atoms with Gasteiger partial charge in [0, 0.05) is 18.9 Å². The molecule has 8 heteroatoms. The molecule has 0 saturated carbocycles. The van der Waals surface area contributed by atoms with Crippen LogP contribution >= 0.6 is 0 Å². The van der Waals surface area contributed by atoms with Crippen molar-refractivity contribution >= 4 is 17.8 Å². The van der Waals surface area contributed by atoms with Crippen LogP contribution < -0.4 is 15.4 Å². The summed E-state index contributed by atoms with van der Waals surface area (Å²) >= 11 is 0. The Morgan fingerprint density at radius 3 is 2.00 bits per heavy atom. The lowest BCUT2D eigenvalue weighted by Crippen LogP contribution is -2.44. The van der Waals surface area contributed by atoms with Crippen molar-refractivity contribution in [3.63, 3.8) is 0 Å². The van der Waals surface area contributed by atoms with Crippen molar-refractivity contribution in [2.75, 3.05) is 0 Å². The molecule has 0 unspecified atom stereocenters. The van der Waals surface area contributed by atoms with E-state index >= 15 is 0 Å². The van der Waals surface area contributed by atoms with Crippen LogP contribution in [0.4, 0.5) is 0 Å². The Kier molecular flexibility index (Phi) is 9.44. The zero-order chi connectivity index (χ0) is 21.3. The summed E-state index contributed by atoms with van der Waals surface area (Å²) in [6.07, 6.45) is 0.154. The number of rotatable bonds is 12. The van der Waals surface area contributed by atoms with Crippen LogP contribution in [-0.4, -0.2) is 52.3 Å².